The number of fused-ring (bicyclic) bond motifs is 12. The van der Waals surface area contributed by atoms with Crippen LogP contribution in [0.1, 0.15) is 0 Å². The third-order valence-electron chi connectivity index (χ3n) is 12.7. The molecule has 9 aromatic carbocycles. The minimum atomic E-state index is 0.598. The maximum absolute atomic E-state index is 6.60. The molecular formula is C57H32N4OS2. The van der Waals surface area contributed by atoms with E-state index in [1.807, 2.05) is 12.1 Å². The lowest BCUT2D eigenvalue weighted by Gasteiger charge is -2.10. The summed E-state index contributed by atoms with van der Waals surface area (Å²) in [5.41, 5.74) is 10.1. The summed E-state index contributed by atoms with van der Waals surface area (Å²) in [7, 11) is 0. The van der Waals surface area contributed by atoms with E-state index >= 15 is 0 Å². The topological polar surface area (TPSA) is 56.7 Å². The Hall–Kier alpha value is -7.97. The smallest absolute Gasteiger partial charge is 0.164 e. The number of benzene rings is 9. The van der Waals surface area contributed by atoms with Crippen LogP contribution in [0.5, 0.6) is 0 Å². The number of hydrogen-bond donors (Lipinski definition) is 0. The lowest BCUT2D eigenvalue weighted by Crippen LogP contribution is -2.00. The van der Waals surface area contributed by atoms with Crippen LogP contribution < -0.4 is 0 Å². The molecule has 5 nitrogen and oxygen atoms in total. The van der Waals surface area contributed by atoms with E-state index in [9.17, 15) is 0 Å². The van der Waals surface area contributed by atoms with Crippen LogP contribution in [0.25, 0.3) is 135 Å². The van der Waals surface area contributed by atoms with Gasteiger partial charge in [0.1, 0.15) is 11.2 Å². The molecule has 0 radical (unpaired) electrons. The number of rotatable bonds is 5. The van der Waals surface area contributed by atoms with Gasteiger partial charge in [-0.05, 0) is 77.9 Å². The van der Waals surface area contributed by atoms with E-state index in [1.54, 1.807) is 22.7 Å². The Morgan fingerprint density at radius 1 is 0.344 bits per heavy atom. The molecular weight excluding hydrogens is 821 g/mol. The number of para-hydroxylation sites is 2. The lowest BCUT2D eigenvalue weighted by atomic mass is 9.99. The van der Waals surface area contributed by atoms with Gasteiger partial charge in [0.25, 0.3) is 0 Å². The minimum Gasteiger partial charge on any atom is -0.456 e. The Balaban J connectivity index is 0.963. The maximum atomic E-state index is 6.60. The standard InChI is InChI=1S/C57H32N4OS2/c1-2-11-37(12-3-1)61-46-17-7-4-13-38(46)39-25-21-34(30-47(39)61)33-24-28-48-45(29-33)54-44(16-10-18-49(54)62-48)57-59-55(35-22-26-42-40-14-5-8-19-50(40)63-52(42)31-35)58-56(60-57)36-23-27-43-41-15-6-9-20-51(41)64-53(43)32-36/h1-32H. The second kappa shape index (κ2) is 13.8. The molecule has 0 spiro atoms. The Bertz CT molecular complexity index is 4080. The van der Waals surface area contributed by atoms with Gasteiger partial charge in [-0.2, -0.15) is 0 Å². The monoisotopic (exact) mass is 852 g/mol. The third-order valence-corrected chi connectivity index (χ3v) is 14.9. The Labute approximate surface area is 373 Å². The van der Waals surface area contributed by atoms with Gasteiger partial charge in [0.05, 0.1) is 11.0 Å². The first-order chi connectivity index (χ1) is 31.7. The zero-order valence-electron chi connectivity index (χ0n) is 34.0. The zero-order chi connectivity index (χ0) is 41.9. The van der Waals surface area contributed by atoms with E-state index in [2.05, 4.69) is 187 Å². The Kier molecular flexibility index (Phi) is 7.66. The van der Waals surface area contributed by atoms with Crippen molar-refractivity contribution in [1.82, 2.24) is 19.5 Å². The summed E-state index contributed by atoms with van der Waals surface area (Å²) in [5, 5.41) is 9.44. The zero-order valence-corrected chi connectivity index (χ0v) is 35.6. The van der Waals surface area contributed by atoms with E-state index in [1.165, 1.54) is 56.6 Å². The summed E-state index contributed by atoms with van der Waals surface area (Å²) >= 11 is 3.59. The van der Waals surface area contributed by atoms with Crippen LogP contribution >= 0.6 is 22.7 Å². The molecule has 0 atom stereocenters. The first-order valence-corrected chi connectivity index (χ1v) is 23.0. The molecule has 7 heteroatoms. The van der Waals surface area contributed by atoms with Gasteiger partial charge >= 0.3 is 0 Å². The lowest BCUT2D eigenvalue weighted by molar-refractivity contribution is 0.669. The summed E-state index contributed by atoms with van der Waals surface area (Å²) in [4.78, 5) is 15.9. The van der Waals surface area contributed by atoms with Crippen LogP contribution in [0.15, 0.2) is 199 Å². The quantitative estimate of drug-likeness (QED) is 0.173. The number of nitrogens with zero attached hydrogens (tertiary/aromatic N) is 4. The third kappa shape index (κ3) is 5.45. The molecule has 298 valence electrons. The molecule has 0 fully saturated rings. The Morgan fingerprint density at radius 2 is 0.891 bits per heavy atom. The summed E-state index contributed by atoms with van der Waals surface area (Å²) in [6.45, 7) is 0. The van der Waals surface area contributed by atoms with Crippen LogP contribution in [0, 0.1) is 0 Å². The number of thiophene rings is 2. The van der Waals surface area contributed by atoms with Crippen molar-refractivity contribution in [2.24, 2.45) is 0 Å². The van der Waals surface area contributed by atoms with E-state index < -0.39 is 0 Å². The van der Waals surface area contributed by atoms with E-state index in [0.717, 1.165) is 61.0 Å². The molecule has 14 aromatic rings. The van der Waals surface area contributed by atoms with Crippen molar-refractivity contribution < 1.29 is 4.42 Å². The van der Waals surface area contributed by atoms with Crippen LogP contribution in [0.3, 0.4) is 0 Å². The van der Waals surface area contributed by atoms with Crippen molar-refractivity contribution >= 4 is 107 Å². The number of aromatic nitrogens is 4. The number of furan rings is 1. The van der Waals surface area contributed by atoms with Gasteiger partial charge < -0.3 is 8.98 Å². The van der Waals surface area contributed by atoms with Crippen molar-refractivity contribution in [3.05, 3.63) is 194 Å². The van der Waals surface area contributed by atoms with E-state index in [0.29, 0.717) is 17.5 Å². The molecule has 0 aliphatic heterocycles. The molecule has 5 heterocycles. The molecule has 0 N–H and O–H groups in total. The molecule has 0 saturated heterocycles. The highest BCUT2D eigenvalue weighted by Crippen LogP contribution is 2.42. The van der Waals surface area contributed by atoms with Gasteiger partial charge in [-0.25, -0.2) is 15.0 Å². The van der Waals surface area contributed by atoms with Crippen molar-refractivity contribution in [2.45, 2.75) is 0 Å². The van der Waals surface area contributed by atoms with Gasteiger partial charge in [-0.1, -0.05) is 127 Å². The maximum Gasteiger partial charge on any atom is 0.164 e. The highest BCUT2D eigenvalue weighted by atomic mass is 32.1. The van der Waals surface area contributed by atoms with Crippen molar-refractivity contribution in [3.8, 4) is 51.0 Å². The molecule has 64 heavy (non-hydrogen) atoms. The second-order valence-corrected chi connectivity index (χ2v) is 18.5. The highest BCUT2D eigenvalue weighted by molar-refractivity contribution is 7.26. The molecule has 0 aliphatic carbocycles. The first kappa shape index (κ1) is 35.6. The second-order valence-electron chi connectivity index (χ2n) is 16.3. The molecule has 0 unspecified atom stereocenters. The minimum absolute atomic E-state index is 0.598. The largest absolute Gasteiger partial charge is 0.456 e. The molecule has 0 bridgehead atoms. The average Bonchev–Trinajstić information content (AvgIpc) is 4.12. The molecule has 0 saturated carbocycles. The highest BCUT2D eigenvalue weighted by Gasteiger charge is 2.20. The predicted molar refractivity (Wildman–Crippen MR) is 269 cm³/mol. The van der Waals surface area contributed by atoms with Crippen molar-refractivity contribution in [3.63, 3.8) is 0 Å². The fourth-order valence-electron chi connectivity index (χ4n) is 9.68. The SMILES string of the molecule is c1ccc(-n2c3ccccc3c3ccc(-c4ccc5oc6cccc(-c7nc(-c8ccc9c(c8)sc8ccccc89)nc(-c8ccc9c(c8)sc8ccccc89)n7)c6c5c4)cc32)cc1. The van der Waals surface area contributed by atoms with Gasteiger partial charge in [-0.15, -0.1) is 22.7 Å². The normalized spacial score (nSPS) is 12.1. The summed E-state index contributed by atoms with van der Waals surface area (Å²) in [6.07, 6.45) is 0. The van der Waals surface area contributed by atoms with Crippen LogP contribution in [0.4, 0.5) is 0 Å². The van der Waals surface area contributed by atoms with Crippen LogP contribution in [0.2, 0.25) is 0 Å². The molecule has 14 rings (SSSR count). The summed E-state index contributed by atoms with van der Waals surface area (Å²) in [6, 6.07) is 69.1. The molecule has 5 aromatic heterocycles. The fraction of sp³-hybridized carbons (Fsp3) is 0. The van der Waals surface area contributed by atoms with Gasteiger partial charge in [0.2, 0.25) is 0 Å². The predicted octanol–water partition coefficient (Wildman–Crippen LogP) is 16.3. The van der Waals surface area contributed by atoms with Gasteiger partial charge in [0, 0.05) is 84.3 Å². The van der Waals surface area contributed by atoms with Crippen LogP contribution in [-0.4, -0.2) is 19.5 Å². The van der Waals surface area contributed by atoms with E-state index in [4.69, 9.17) is 19.4 Å². The summed E-state index contributed by atoms with van der Waals surface area (Å²) in [5.74, 6) is 1.85. The molecule has 0 aliphatic rings. The number of hydrogen-bond acceptors (Lipinski definition) is 6. The molecule has 0 amide bonds. The average molecular weight is 853 g/mol. The van der Waals surface area contributed by atoms with Gasteiger partial charge in [0.15, 0.2) is 17.5 Å². The van der Waals surface area contributed by atoms with E-state index in [-0.39, 0.29) is 0 Å². The van der Waals surface area contributed by atoms with Crippen molar-refractivity contribution in [2.75, 3.05) is 0 Å². The summed E-state index contributed by atoms with van der Waals surface area (Å²) < 4.78 is 13.9. The first-order valence-electron chi connectivity index (χ1n) is 21.3. The Morgan fingerprint density at radius 3 is 1.61 bits per heavy atom. The van der Waals surface area contributed by atoms with Crippen LogP contribution in [-0.2, 0) is 0 Å². The van der Waals surface area contributed by atoms with Gasteiger partial charge in [-0.3, -0.25) is 0 Å². The van der Waals surface area contributed by atoms with Crippen molar-refractivity contribution in [1.29, 1.82) is 0 Å². The fourth-order valence-corrected chi connectivity index (χ4v) is 12.0.